The molecular formula is C22H27FN4O3S. The fraction of sp³-hybridized carbons (Fsp3) is 0.455. The normalized spacial score (nSPS) is 19.6. The van der Waals surface area contributed by atoms with E-state index >= 15 is 0 Å². The molecule has 2 saturated heterocycles. The molecule has 1 unspecified atom stereocenters. The third kappa shape index (κ3) is 4.99. The second-order valence-corrected chi connectivity index (χ2v) is 8.98. The molecule has 0 spiro atoms. The highest BCUT2D eigenvalue weighted by Gasteiger charge is 2.33. The fourth-order valence-corrected chi connectivity index (χ4v) is 4.88. The molecule has 3 heterocycles. The van der Waals surface area contributed by atoms with Crippen LogP contribution in [0.1, 0.15) is 17.4 Å². The van der Waals surface area contributed by atoms with Crippen molar-refractivity contribution < 1.29 is 18.7 Å². The number of carbonyl (C=O) groups is 2. The highest BCUT2D eigenvalue weighted by Crippen LogP contribution is 2.29. The van der Waals surface area contributed by atoms with Gasteiger partial charge in [0.2, 0.25) is 5.91 Å². The topological polar surface area (TPSA) is 65.1 Å². The van der Waals surface area contributed by atoms with E-state index in [1.165, 1.54) is 28.3 Å². The third-order valence-electron chi connectivity index (χ3n) is 5.74. The maximum atomic E-state index is 14.9. The number of hydrogen-bond acceptors (Lipinski definition) is 6. The second-order valence-electron chi connectivity index (χ2n) is 7.98. The predicted molar refractivity (Wildman–Crippen MR) is 119 cm³/mol. The molecule has 0 radical (unpaired) electrons. The van der Waals surface area contributed by atoms with Crippen LogP contribution in [0.5, 0.6) is 0 Å². The first-order valence-electron chi connectivity index (χ1n) is 10.4. The number of thiophene rings is 1. The average Bonchev–Trinajstić information content (AvgIpc) is 3.32. The number of anilines is 2. The van der Waals surface area contributed by atoms with Crippen molar-refractivity contribution in [3.8, 4) is 0 Å². The molecule has 2 amide bonds. The molecule has 0 aliphatic carbocycles. The molecule has 1 N–H and O–H groups in total. The van der Waals surface area contributed by atoms with Crippen molar-refractivity contribution in [2.24, 2.45) is 0 Å². The third-order valence-corrected chi connectivity index (χ3v) is 6.75. The number of cyclic esters (lactones) is 1. The molecule has 0 saturated carbocycles. The summed E-state index contributed by atoms with van der Waals surface area (Å²) in [6.45, 7) is 8.27. The summed E-state index contributed by atoms with van der Waals surface area (Å²) in [7, 11) is 0. The lowest BCUT2D eigenvalue weighted by atomic mass is 10.2. The molecule has 7 nitrogen and oxygen atoms in total. The summed E-state index contributed by atoms with van der Waals surface area (Å²) in [4.78, 5) is 30.5. The Labute approximate surface area is 185 Å². The van der Waals surface area contributed by atoms with Crippen LogP contribution in [-0.2, 0) is 16.1 Å². The van der Waals surface area contributed by atoms with Crippen molar-refractivity contribution in [3.05, 3.63) is 45.9 Å². The summed E-state index contributed by atoms with van der Waals surface area (Å²) in [5, 5.41) is 4.76. The Bertz CT molecular complexity index is 958. The zero-order valence-electron chi connectivity index (χ0n) is 17.8. The number of benzene rings is 1. The lowest BCUT2D eigenvalue weighted by Crippen LogP contribution is -2.46. The van der Waals surface area contributed by atoms with E-state index in [4.69, 9.17) is 4.74 Å². The van der Waals surface area contributed by atoms with E-state index in [9.17, 15) is 14.0 Å². The van der Waals surface area contributed by atoms with Gasteiger partial charge in [-0.15, -0.1) is 11.3 Å². The Morgan fingerprint density at radius 3 is 2.68 bits per heavy atom. The molecular weight excluding hydrogens is 419 g/mol. The summed E-state index contributed by atoms with van der Waals surface area (Å²) in [5.74, 6) is -0.534. The van der Waals surface area contributed by atoms with E-state index in [0.29, 0.717) is 11.4 Å². The highest BCUT2D eigenvalue weighted by molar-refractivity contribution is 7.10. The highest BCUT2D eigenvalue weighted by atomic mass is 32.1. The van der Waals surface area contributed by atoms with Gasteiger partial charge in [0.05, 0.1) is 24.5 Å². The molecule has 2 aliphatic heterocycles. The van der Waals surface area contributed by atoms with E-state index in [2.05, 4.69) is 33.5 Å². The van der Waals surface area contributed by atoms with Crippen molar-refractivity contribution in [2.75, 3.05) is 49.1 Å². The van der Waals surface area contributed by atoms with Gasteiger partial charge < -0.3 is 15.0 Å². The minimum Gasteiger partial charge on any atom is -0.442 e. The van der Waals surface area contributed by atoms with Crippen LogP contribution in [0.3, 0.4) is 0 Å². The van der Waals surface area contributed by atoms with Gasteiger partial charge in [0.25, 0.3) is 0 Å². The number of hydrogen-bond donors (Lipinski definition) is 1. The zero-order chi connectivity index (χ0) is 22.0. The number of nitrogens with one attached hydrogen (secondary N) is 1. The summed E-state index contributed by atoms with van der Waals surface area (Å²) in [6, 6.07) is 7.02. The molecule has 4 rings (SSSR count). The van der Waals surface area contributed by atoms with E-state index in [-0.39, 0.29) is 24.8 Å². The fourth-order valence-electron chi connectivity index (χ4n) is 3.93. The number of ether oxygens (including phenoxy) is 1. The van der Waals surface area contributed by atoms with Crippen molar-refractivity contribution in [3.63, 3.8) is 0 Å². The molecule has 1 aromatic carbocycles. The lowest BCUT2D eigenvalue weighted by Gasteiger charge is -2.36. The van der Waals surface area contributed by atoms with Gasteiger partial charge in [-0.25, -0.2) is 9.18 Å². The van der Waals surface area contributed by atoms with Gasteiger partial charge in [-0.3, -0.25) is 14.6 Å². The lowest BCUT2D eigenvalue weighted by molar-refractivity contribution is -0.119. The van der Waals surface area contributed by atoms with Crippen molar-refractivity contribution >= 4 is 34.7 Å². The van der Waals surface area contributed by atoms with Crippen LogP contribution in [0.15, 0.2) is 29.6 Å². The Hall–Kier alpha value is -2.65. The van der Waals surface area contributed by atoms with Gasteiger partial charge in [0.15, 0.2) is 0 Å². The minimum absolute atomic E-state index is 0.185. The van der Waals surface area contributed by atoms with Crippen molar-refractivity contribution in [2.45, 2.75) is 26.5 Å². The monoisotopic (exact) mass is 446 g/mol. The first-order valence-corrected chi connectivity index (χ1v) is 11.3. The predicted octanol–water partition coefficient (Wildman–Crippen LogP) is 2.98. The number of amides is 2. The van der Waals surface area contributed by atoms with Gasteiger partial charge in [0, 0.05) is 44.5 Å². The van der Waals surface area contributed by atoms with Crippen LogP contribution < -0.4 is 15.1 Å². The summed E-state index contributed by atoms with van der Waals surface area (Å²) >= 11 is 1.78. The number of piperazine rings is 1. The largest absolute Gasteiger partial charge is 0.442 e. The van der Waals surface area contributed by atoms with E-state index in [1.54, 1.807) is 23.5 Å². The molecule has 1 atom stereocenters. The Morgan fingerprint density at radius 2 is 2.03 bits per heavy atom. The second kappa shape index (κ2) is 9.23. The molecule has 0 bridgehead atoms. The Balaban J connectivity index is 1.35. The molecule has 1 aromatic heterocycles. The SMILES string of the molecule is CC(=O)NCC1CN(c2ccc(N3CCN(Cc4sccc4C)CC3)c(F)c2)C(=O)O1. The van der Waals surface area contributed by atoms with E-state index in [0.717, 1.165) is 32.7 Å². The maximum absolute atomic E-state index is 14.9. The maximum Gasteiger partial charge on any atom is 0.414 e. The zero-order valence-corrected chi connectivity index (χ0v) is 18.6. The van der Waals surface area contributed by atoms with Gasteiger partial charge in [-0.05, 0) is 42.1 Å². The summed E-state index contributed by atoms with van der Waals surface area (Å²) in [6.07, 6.45) is -0.973. The van der Waals surface area contributed by atoms with Gasteiger partial charge >= 0.3 is 6.09 Å². The first-order chi connectivity index (χ1) is 14.9. The molecule has 166 valence electrons. The molecule has 2 aromatic rings. The quantitative estimate of drug-likeness (QED) is 0.739. The minimum atomic E-state index is -0.528. The first kappa shape index (κ1) is 21.6. The standard InChI is InChI=1S/C22H27FN4O3S/c1-15-5-10-31-21(15)14-25-6-8-26(9-7-25)20-4-3-17(11-19(20)23)27-13-18(30-22(27)29)12-24-16(2)28/h3-5,10-11,18H,6-9,12-14H2,1-2H3,(H,24,28). The average molecular weight is 447 g/mol. The molecule has 2 aliphatic rings. The van der Waals surface area contributed by atoms with Crippen LogP contribution in [0.2, 0.25) is 0 Å². The molecule has 31 heavy (non-hydrogen) atoms. The van der Waals surface area contributed by atoms with Crippen molar-refractivity contribution in [1.82, 2.24) is 10.2 Å². The van der Waals surface area contributed by atoms with Crippen LogP contribution in [0.4, 0.5) is 20.6 Å². The summed E-state index contributed by atoms with van der Waals surface area (Å²) < 4.78 is 20.2. The molecule has 9 heteroatoms. The van der Waals surface area contributed by atoms with Crippen LogP contribution in [0.25, 0.3) is 0 Å². The number of aryl methyl sites for hydroxylation is 1. The van der Waals surface area contributed by atoms with E-state index in [1.807, 2.05) is 0 Å². The smallest absolute Gasteiger partial charge is 0.414 e. The molecule has 2 fully saturated rings. The number of carbonyl (C=O) groups excluding carboxylic acids is 2. The van der Waals surface area contributed by atoms with Crippen LogP contribution >= 0.6 is 11.3 Å². The van der Waals surface area contributed by atoms with Gasteiger partial charge in [-0.1, -0.05) is 0 Å². The van der Waals surface area contributed by atoms with Crippen molar-refractivity contribution in [1.29, 1.82) is 0 Å². The number of nitrogens with zero attached hydrogens (tertiary/aromatic N) is 3. The number of rotatable bonds is 6. The van der Waals surface area contributed by atoms with Crippen LogP contribution in [-0.4, -0.2) is 62.3 Å². The van der Waals surface area contributed by atoms with Gasteiger partial charge in [-0.2, -0.15) is 0 Å². The Morgan fingerprint density at radius 1 is 1.26 bits per heavy atom. The van der Waals surface area contributed by atoms with E-state index < -0.39 is 12.2 Å². The Kier molecular flexibility index (Phi) is 6.43. The summed E-state index contributed by atoms with van der Waals surface area (Å²) in [5.41, 5.74) is 2.34. The number of halogens is 1. The van der Waals surface area contributed by atoms with Crippen LogP contribution in [0, 0.1) is 12.7 Å². The van der Waals surface area contributed by atoms with Gasteiger partial charge in [0.1, 0.15) is 11.9 Å².